The third-order valence-electron chi connectivity index (χ3n) is 7.14. The molecule has 232 valence electrons. The number of amides is 1. The fourth-order valence-corrected chi connectivity index (χ4v) is 5.29. The molecule has 0 unspecified atom stereocenters. The van der Waals surface area contributed by atoms with Crippen molar-refractivity contribution in [1.29, 1.82) is 0 Å². The number of aliphatic hydroxyl groups is 2. The molecule has 3 aromatic carbocycles. The zero-order chi connectivity index (χ0) is 32.1. The van der Waals surface area contributed by atoms with E-state index >= 15 is 0 Å². The van der Waals surface area contributed by atoms with E-state index in [0.717, 1.165) is 12.1 Å². The van der Waals surface area contributed by atoms with Crippen molar-refractivity contribution in [2.45, 2.75) is 57.8 Å². The minimum Gasteiger partial charge on any atom is -0.550 e. The van der Waals surface area contributed by atoms with Crippen LogP contribution in [0.25, 0.3) is 22.3 Å². The van der Waals surface area contributed by atoms with Gasteiger partial charge in [0.05, 0.1) is 17.9 Å². The molecule has 0 fully saturated rings. The Morgan fingerprint density at radius 1 is 0.822 bits per heavy atom. The average Bonchev–Trinajstić information content (AvgIpc) is 3.29. The molecule has 0 aliphatic carbocycles. The molecule has 4 rings (SSSR count). The maximum atomic E-state index is 14.6. The molecule has 0 saturated heterocycles. The van der Waals surface area contributed by atoms with Gasteiger partial charge in [0.1, 0.15) is 29.0 Å². The van der Waals surface area contributed by atoms with Crippen LogP contribution in [0.4, 0.5) is 23.2 Å². The summed E-state index contributed by atoms with van der Waals surface area (Å²) in [5.41, 5.74) is 2.00. The van der Waals surface area contributed by atoms with Crippen molar-refractivity contribution >= 4 is 17.6 Å². The second-order valence-electron chi connectivity index (χ2n) is 10.8. The molecule has 12 heteroatoms. The quantitative estimate of drug-likeness (QED) is 0.164. The fraction of sp³-hybridized carbons (Fsp3) is 0.273. The summed E-state index contributed by atoms with van der Waals surface area (Å²) in [6, 6.07) is 13.1. The first-order chi connectivity index (χ1) is 20.8. The van der Waals surface area contributed by atoms with E-state index in [1.807, 2.05) is 0 Å². The van der Waals surface area contributed by atoms with E-state index in [1.165, 1.54) is 48.5 Å². The molecule has 1 amide bonds. The van der Waals surface area contributed by atoms with Crippen molar-refractivity contribution in [3.8, 4) is 22.3 Å². The minimum atomic E-state index is -1.46. The van der Waals surface area contributed by atoms with Crippen molar-refractivity contribution in [2.24, 2.45) is 0 Å². The van der Waals surface area contributed by atoms with Crippen LogP contribution in [0.15, 0.2) is 66.7 Å². The number of aliphatic carboxylic acids is 1. The Kier molecular flexibility index (Phi) is 12.5. The Morgan fingerprint density at radius 2 is 1.36 bits per heavy atom. The zero-order valence-electron chi connectivity index (χ0n) is 25.0. The van der Waals surface area contributed by atoms with E-state index in [1.54, 1.807) is 18.4 Å². The zero-order valence-corrected chi connectivity index (χ0v) is 27.0. The van der Waals surface area contributed by atoms with Gasteiger partial charge in [0, 0.05) is 41.3 Å². The number of carboxylic acids is 1. The van der Waals surface area contributed by atoms with Crippen LogP contribution < -0.4 is 40.0 Å². The number of nitrogens with zero attached hydrogens (tertiary/aromatic N) is 1. The number of halogens is 4. The van der Waals surface area contributed by atoms with Gasteiger partial charge >= 0.3 is 29.6 Å². The van der Waals surface area contributed by atoms with E-state index in [4.69, 9.17) is 0 Å². The number of nitrogens with one attached hydrogen (secondary N) is 1. The number of carbonyl (C=O) groups is 2. The van der Waals surface area contributed by atoms with Crippen LogP contribution in [0.2, 0.25) is 0 Å². The minimum absolute atomic E-state index is 0. The summed E-state index contributed by atoms with van der Waals surface area (Å²) >= 11 is 0. The summed E-state index contributed by atoms with van der Waals surface area (Å²) in [5, 5.41) is 34.0. The van der Waals surface area contributed by atoms with E-state index in [2.05, 4.69) is 5.32 Å². The van der Waals surface area contributed by atoms with Gasteiger partial charge in [0.2, 0.25) is 0 Å². The summed E-state index contributed by atoms with van der Waals surface area (Å²) in [7, 11) is 0. The van der Waals surface area contributed by atoms with Gasteiger partial charge in [-0.25, -0.2) is 17.6 Å². The molecule has 0 aliphatic heterocycles. The van der Waals surface area contributed by atoms with Gasteiger partial charge in [-0.05, 0) is 80.6 Å². The summed E-state index contributed by atoms with van der Waals surface area (Å²) in [6.07, 6.45) is -3.24. The Balaban J connectivity index is 0.00000552. The molecule has 0 spiro atoms. The maximum absolute atomic E-state index is 14.6. The Bertz CT molecular complexity index is 1640. The molecule has 45 heavy (non-hydrogen) atoms. The van der Waals surface area contributed by atoms with Gasteiger partial charge < -0.3 is 30.0 Å². The predicted molar refractivity (Wildman–Crippen MR) is 154 cm³/mol. The summed E-state index contributed by atoms with van der Waals surface area (Å²) in [4.78, 5) is 24.9. The smallest absolute Gasteiger partial charge is 0.550 e. The van der Waals surface area contributed by atoms with Crippen LogP contribution in [-0.2, 0) is 11.2 Å². The predicted octanol–water partition coefficient (Wildman–Crippen LogP) is 2.40. The van der Waals surface area contributed by atoms with E-state index in [0.29, 0.717) is 34.0 Å². The molecule has 0 bridgehead atoms. The van der Waals surface area contributed by atoms with E-state index in [9.17, 15) is 42.5 Å². The second kappa shape index (κ2) is 15.7. The van der Waals surface area contributed by atoms with Crippen LogP contribution >= 0.6 is 0 Å². The summed E-state index contributed by atoms with van der Waals surface area (Å²) in [5.74, 6) is -5.09. The molecule has 3 N–H and O–H groups in total. The van der Waals surface area contributed by atoms with Gasteiger partial charge in [0.25, 0.3) is 5.91 Å². The Labute approximate surface area is 279 Å². The monoisotopic (exact) mass is 634 g/mol. The molecule has 0 aliphatic rings. The summed E-state index contributed by atoms with van der Waals surface area (Å²) in [6.45, 7) is 3.59. The number of carboxylic acid groups (broad SMARTS) is 1. The van der Waals surface area contributed by atoms with Crippen molar-refractivity contribution in [3.63, 3.8) is 0 Å². The standard InChI is InChI=1S/C33H32F4N2O5.Na/c1-18(2)39-28(14-12-24(40)16-25(41)17-29(42)43)30(19-3-7-21(34)8-4-19)31(20-5-9-22(35)10-6-20)32(39)33(44)38-27-13-11-23(36)15-26(27)37;/h3-11,13,15,18,24-25,40-41H,12,14,16-17H2,1-2H3,(H,38,44)(H,42,43);/q;+1/p-1/t24-,25-;/m1./s1. The van der Waals surface area contributed by atoms with Crippen LogP contribution in [0.1, 0.15) is 55.3 Å². The average molecular weight is 635 g/mol. The summed E-state index contributed by atoms with van der Waals surface area (Å²) < 4.78 is 57.9. The first kappa shape index (κ1) is 36.0. The number of anilines is 1. The molecular formula is C33H31F4N2NaO5. The molecular weight excluding hydrogens is 603 g/mol. The van der Waals surface area contributed by atoms with Crippen LogP contribution in [0.5, 0.6) is 0 Å². The second-order valence-corrected chi connectivity index (χ2v) is 10.8. The third-order valence-corrected chi connectivity index (χ3v) is 7.14. The third kappa shape index (κ3) is 8.83. The number of aromatic nitrogens is 1. The normalized spacial score (nSPS) is 12.5. The van der Waals surface area contributed by atoms with E-state index in [-0.39, 0.29) is 60.2 Å². The number of aliphatic hydroxyl groups excluding tert-OH is 2. The molecule has 4 aromatic rings. The SMILES string of the molecule is CC(C)n1c(CC[C@@H](O)C[C@@H](O)CC(=O)[O-])c(-c2ccc(F)cc2)c(-c2ccc(F)cc2)c1C(=O)Nc1ccc(F)cc1F.[Na+]. The van der Waals surface area contributed by atoms with Crippen LogP contribution in [-0.4, -0.2) is 38.9 Å². The first-order valence-corrected chi connectivity index (χ1v) is 14.0. The van der Waals surface area contributed by atoms with Gasteiger partial charge in [-0.1, -0.05) is 24.3 Å². The molecule has 7 nitrogen and oxygen atoms in total. The van der Waals surface area contributed by atoms with Gasteiger partial charge in [-0.2, -0.15) is 0 Å². The Hall–Kier alpha value is -3.48. The van der Waals surface area contributed by atoms with Crippen molar-refractivity contribution in [1.82, 2.24) is 4.57 Å². The van der Waals surface area contributed by atoms with Crippen LogP contribution in [0.3, 0.4) is 0 Å². The number of rotatable bonds is 12. The Morgan fingerprint density at radius 3 is 1.87 bits per heavy atom. The van der Waals surface area contributed by atoms with Crippen LogP contribution in [0, 0.1) is 23.3 Å². The first-order valence-electron chi connectivity index (χ1n) is 14.0. The van der Waals surface area contributed by atoms with E-state index < -0.39 is 59.8 Å². The fourth-order valence-electron chi connectivity index (χ4n) is 5.29. The molecule has 1 aromatic heterocycles. The molecule has 0 radical (unpaired) electrons. The molecule has 1 heterocycles. The van der Waals surface area contributed by atoms with Crippen molar-refractivity contribution < 1.29 is 72.0 Å². The van der Waals surface area contributed by atoms with Crippen molar-refractivity contribution in [2.75, 3.05) is 5.32 Å². The number of hydrogen-bond donors (Lipinski definition) is 3. The topological polar surface area (TPSA) is 115 Å². The molecule has 2 atom stereocenters. The number of hydrogen-bond acceptors (Lipinski definition) is 5. The number of benzene rings is 3. The van der Waals surface area contributed by atoms with Crippen molar-refractivity contribution in [3.05, 3.63) is 101 Å². The van der Waals surface area contributed by atoms with Gasteiger partial charge in [0.15, 0.2) is 0 Å². The van der Waals surface area contributed by atoms with Gasteiger partial charge in [-0.15, -0.1) is 0 Å². The maximum Gasteiger partial charge on any atom is 1.00 e. The number of carbonyl (C=O) groups excluding carboxylic acids is 2. The van der Waals surface area contributed by atoms with Gasteiger partial charge in [-0.3, -0.25) is 4.79 Å². The largest absolute Gasteiger partial charge is 1.00 e. The molecule has 0 saturated carbocycles.